The van der Waals surface area contributed by atoms with Crippen molar-refractivity contribution < 1.29 is 4.74 Å². The Labute approximate surface area is 92.3 Å². The summed E-state index contributed by atoms with van der Waals surface area (Å²) >= 11 is 0. The first-order chi connectivity index (χ1) is 7.28. The van der Waals surface area contributed by atoms with Gasteiger partial charge in [-0.2, -0.15) is 0 Å². The lowest BCUT2D eigenvalue weighted by Crippen LogP contribution is -2.49. The molecule has 0 unspecified atom stereocenters. The number of hydrogen-bond donors (Lipinski definition) is 1. The van der Waals surface area contributed by atoms with Crippen LogP contribution in [0.2, 0.25) is 0 Å². The van der Waals surface area contributed by atoms with E-state index in [1.807, 2.05) is 0 Å². The van der Waals surface area contributed by atoms with E-state index in [4.69, 9.17) is 10.1 Å². The Morgan fingerprint density at radius 3 is 2.20 bits per heavy atom. The molecule has 0 spiro atoms. The summed E-state index contributed by atoms with van der Waals surface area (Å²) in [5.74, 6) is 0.752. The van der Waals surface area contributed by atoms with Crippen molar-refractivity contribution in [2.75, 3.05) is 20.2 Å². The molecule has 3 heteroatoms. The fourth-order valence-corrected chi connectivity index (χ4v) is 2.89. The molecular weight excluding hydrogens is 188 g/mol. The van der Waals surface area contributed by atoms with E-state index in [9.17, 15) is 0 Å². The topological polar surface area (TPSA) is 36.3 Å². The van der Waals surface area contributed by atoms with Crippen LogP contribution in [0.4, 0.5) is 0 Å². The Morgan fingerprint density at radius 2 is 1.67 bits per heavy atom. The lowest BCUT2D eigenvalue weighted by atomic mass is 9.97. The smallest absolute Gasteiger partial charge is 0.129 e. The van der Waals surface area contributed by atoms with Gasteiger partial charge in [-0.3, -0.25) is 5.41 Å². The van der Waals surface area contributed by atoms with E-state index >= 15 is 0 Å². The van der Waals surface area contributed by atoms with Gasteiger partial charge in [-0.25, -0.2) is 0 Å². The maximum atomic E-state index is 8.33. The molecule has 1 saturated heterocycles. The summed E-state index contributed by atoms with van der Waals surface area (Å²) < 4.78 is 5.65. The normalized spacial score (nSPS) is 25.5. The van der Waals surface area contributed by atoms with Crippen LogP contribution in [0.5, 0.6) is 0 Å². The molecule has 2 fully saturated rings. The maximum Gasteiger partial charge on any atom is 0.129 e. The van der Waals surface area contributed by atoms with Gasteiger partial charge in [-0.05, 0) is 44.9 Å². The highest BCUT2D eigenvalue weighted by molar-refractivity contribution is 5.88. The summed E-state index contributed by atoms with van der Waals surface area (Å²) in [6.07, 6.45) is 8.31. The van der Waals surface area contributed by atoms with Gasteiger partial charge in [-0.15, -0.1) is 0 Å². The predicted octanol–water partition coefficient (Wildman–Crippen LogP) is 2.41. The summed E-state index contributed by atoms with van der Waals surface area (Å²) in [4.78, 5) is 2.23. The minimum atomic E-state index is -0.239. The number of ether oxygens (including phenoxy) is 1. The van der Waals surface area contributed by atoms with Crippen molar-refractivity contribution >= 4 is 5.84 Å². The quantitative estimate of drug-likeness (QED) is 0.561. The highest BCUT2D eigenvalue weighted by atomic mass is 16.5. The molecule has 1 heterocycles. The molecule has 86 valence electrons. The summed E-state index contributed by atoms with van der Waals surface area (Å²) in [5, 5.41) is 8.33. The van der Waals surface area contributed by atoms with Gasteiger partial charge in [0.15, 0.2) is 0 Å². The number of rotatable bonds is 2. The van der Waals surface area contributed by atoms with Crippen LogP contribution in [0.3, 0.4) is 0 Å². The van der Waals surface area contributed by atoms with Crippen molar-refractivity contribution in [2.24, 2.45) is 0 Å². The molecule has 2 rings (SSSR count). The van der Waals surface area contributed by atoms with Crippen molar-refractivity contribution in [1.82, 2.24) is 4.90 Å². The molecule has 0 atom stereocenters. The highest BCUT2D eigenvalue weighted by Crippen LogP contribution is 2.35. The van der Waals surface area contributed by atoms with Crippen LogP contribution in [-0.4, -0.2) is 36.5 Å². The summed E-state index contributed by atoms with van der Waals surface area (Å²) in [7, 11) is 1.77. The molecule has 0 radical (unpaired) electrons. The van der Waals surface area contributed by atoms with Crippen LogP contribution in [-0.2, 0) is 4.74 Å². The molecule has 1 aliphatic carbocycles. The summed E-state index contributed by atoms with van der Waals surface area (Å²) in [6, 6.07) is 0. The summed E-state index contributed by atoms with van der Waals surface area (Å²) in [5.41, 5.74) is -0.239. The molecule has 0 aromatic carbocycles. The second-order valence-electron chi connectivity index (χ2n) is 4.80. The lowest BCUT2D eigenvalue weighted by molar-refractivity contribution is 0.0426. The largest absolute Gasteiger partial charge is 0.370 e. The molecule has 0 aromatic heterocycles. The maximum absolute atomic E-state index is 8.33. The van der Waals surface area contributed by atoms with Crippen molar-refractivity contribution in [3.8, 4) is 0 Å². The van der Waals surface area contributed by atoms with Crippen LogP contribution >= 0.6 is 0 Å². The van der Waals surface area contributed by atoms with E-state index in [0.29, 0.717) is 0 Å². The third kappa shape index (κ3) is 2.03. The minimum absolute atomic E-state index is 0.239. The van der Waals surface area contributed by atoms with E-state index in [0.717, 1.165) is 31.8 Å². The van der Waals surface area contributed by atoms with Gasteiger partial charge in [0, 0.05) is 20.2 Å². The zero-order chi connectivity index (χ0) is 10.7. The van der Waals surface area contributed by atoms with Crippen molar-refractivity contribution in [2.45, 2.75) is 50.5 Å². The monoisotopic (exact) mass is 210 g/mol. The predicted molar refractivity (Wildman–Crippen MR) is 61.4 cm³/mol. The average Bonchev–Trinajstić information content (AvgIpc) is 2.79. The molecule has 0 amide bonds. The SMILES string of the molecule is COC1(C(=N)N2CCCCC2)CCCC1. The van der Waals surface area contributed by atoms with E-state index in [2.05, 4.69) is 4.90 Å². The number of methoxy groups -OCH3 is 1. The fourth-order valence-electron chi connectivity index (χ4n) is 2.89. The fraction of sp³-hybridized carbons (Fsp3) is 0.917. The Kier molecular flexibility index (Phi) is 3.29. The number of amidine groups is 1. The lowest BCUT2D eigenvalue weighted by Gasteiger charge is -2.38. The van der Waals surface area contributed by atoms with Gasteiger partial charge < -0.3 is 9.64 Å². The molecule has 15 heavy (non-hydrogen) atoms. The van der Waals surface area contributed by atoms with Gasteiger partial charge in [0.05, 0.1) is 0 Å². The van der Waals surface area contributed by atoms with Crippen molar-refractivity contribution in [3.63, 3.8) is 0 Å². The number of nitrogens with one attached hydrogen (secondary N) is 1. The average molecular weight is 210 g/mol. The number of piperidine rings is 1. The number of likely N-dealkylation sites (tertiary alicyclic amines) is 1. The van der Waals surface area contributed by atoms with E-state index < -0.39 is 0 Å². The number of hydrogen-bond acceptors (Lipinski definition) is 2. The third-order valence-corrected chi connectivity index (χ3v) is 3.91. The second-order valence-corrected chi connectivity index (χ2v) is 4.80. The summed E-state index contributed by atoms with van der Waals surface area (Å²) in [6.45, 7) is 2.12. The van der Waals surface area contributed by atoms with Gasteiger partial charge >= 0.3 is 0 Å². The molecule has 1 N–H and O–H groups in total. The minimum Gasteiger partial charge on any atom is -0.370 e. The molecule has 0 aromatic rings. The zero-order valence-corrected chi connectivity index (χ0v) is 9.72. The molecule has 0 bridgehead atoms. The van der Waals surface area contributed by atoms with Gasteiger partial charge in [0.2, 0.25) is 0 Å². The number of nitrogens with zero attached hydrogens (tertiary/aromatic N) is 1. The molecular formula is C12H22N2O. The third-order valence-electron chi connectivity index (χ3n) is 3.91. The second kappa shape index (κ2) is 4.52. The van der Waals surface area contributed by atoms with E-state index in [1.165, 1.54) is 32.1 Å². The van der Waals surface area contributed by atoms with E-state index in [-0.39, 0.29) is 5.60 Å². The first kappa shape index (κ1) is 10.9. The Hall–Kier alpha value is -0.570. The standard InChI is InChI=1S/C12H22N2O/c1-15-12(7-3-4-8-12)11(13)14-9-5-2-6-10-14/h13H,2-10H2,1H3. The van der Waals surface area contributed by atoms with Gasteiger partial charge in [-0.1, -0.05) is 0 Å². The van der Waals surface area contributed by atoms with Crippen molar-refractivity contribution in [3.05, 3.63) is 0 Å². The Balaban J connectivity index is 2.03. The zero-order valence-electron chi connectivity index (χ0n) is 9.72. The van der Waals surface area contributed by atoms with Crippen LogP contribution in [0.1, 0.15) is 44.9 Å². The van der Waals surface area contributed by atoms with Crippen molar-refractivity contribution in [1.29, 1.82) is 5.41 Å². The van der Waals surface area contributed by atoms with E-state index in [1.54, 1.807) is 7.11 Å². The molecule has 1 saturated carbocycles. The van der Waals surface area contributed by atoms with Gasteiger partial charge in [0.1, 0.15) is 11.4 Å². The molecule has 2 aliphatic rings. The van der Waals surface area contributed by atoms with Crippen LogP contribution in [0, 0.1) is 5.41 Å². The first-order valence-corrected chi connectivity index (χ1v) is 6.18. The van der Waals surface area contributed by atoms with Crippen LogP contribution < -0.4 is 0 Å². The Bertz CT molecular complexity index is 228. The van der Waals surface area contributed by atoms with Crippen LogP contribution in [0.15, 0.2) is 0 Å². The molecule has 1 aliphatic heterocycles. The van der Waals surface area contributed by atoms with Crippen LogP contribution in [0.25, 0.3) is 0 Å². The molecule has 3 nitrogen and oxygen atoms in total. The van der Waals surface area contributed by atoms with Gasteiger partial charge in [0.25, 0.3) is 0 Å². The highest BCUT2D eigenvalue weighted by Gasteiger charge is 2.40. The first-order valence-electron chi connectivity index (χ1n) is 6.18. The Morgan fingerprint density at radius 1 is 1.07 bits per heavy atom.